The van der Waals surface area contributed by atoms with Crippen LogP contribution in [0.1, 0.15) is 29.2 Å². The lowest BCUT2D eigenvalue weighted by atomic mass is 10.1. The van der Waals surface area contributed by atoms with Gasteiger partial charge in [-0.3, -0.25) is 4.72 Å². The van der Waals surface area contributed by atoms with Crippen molar-refractivity contribution in [2.75, 3.05) is 4.72 Å². The van der Waals surface area contributed by atoms with Crippen LogP contribution in [-0.2, 0) is 10.0 Å². The number of aliphatic hydroxyl groups is 1. The first kappa shape index (κ1) is 15.0. The van der Waals surface area contributed by atoms with Crippen LogP contribution >= 0.6 is 11.3 Å². The Kier molecular flexibility index (Phi) is 4.12. The molecule has 2 N–H and O–H groups in total. The first-order valence-corrected chi connectivity index (χ1v) is 8.34. The fraction of sp³-hybridized carbons (Fsp3) is 0.308. The number of sulfonamides is 1. The van der Waals surface area contributed by atoms with Crippen LogP contribution in [0.3, 0.4) is 0 Å². The van der Waals surface area contributed by atoms with Crippen LogP contribution in [0.25, 0.3) is 0 Å². The molecule has 7 heteroatoms. The van der Waals surface area contributed by atoms with Crippen LogP contribution in [0.15, 0.2) is 29.2 Å². The van der Waals surface area contributed by atoms with E-state index in [9.17, 15) is 13.5 Å². The van der Waals surface area contributed by atoms with Crippen LogP contribution in [0.5, 0.6) is 0 Å². The Morgan fingerprint density at radius 2 is 2.05 bits per heavy atom. The Balaban J connectivity index is 2.33. The largest absolute Gasteiger partial charge is 0.389 e. The topological polar surface area (TPSA) is 79.3 Å². The van der Waals surface area contributed by atoms with Crippen molar-refractivity contribution in [2.45, 2.75) is 31.8 Å². The molecule has 0 aliphatic carbocycles. The van der Waals surface area contributed by atoms with Gasteiger partial charge >= 0.3 is 0 Å². The van der Waals surface area contributed by atoms with E-state index in [1.54, 1.807) is 19.1 Å². The highest BCUT2D eigenvalue weighted by Crippen LogP contribution is 2.25. The summed E-state index contributed by atoms with van der Waals surface area (Å²) in [6.45, 7) is 5.31. The Morgan fingerprint density at radius 1 is 1.35 bits per heavy atom. The van der Waals surface area contributed by atoms with Crippen LogP contribution in [-0.4, -0.2) is 18.5 Å². The third-order valence-corrected chi connectivity index (χ3v) is 5.36. The van der Waals surface area contributed by atoms with Gasteiger partial charge in [0.15, 0.2) is 5.13 Å². The second kappa shape index (κ2) is 5.51. The summed E-state index contributed by atoms with van der Waals surface area (Å²) in [6.07, 6.45) is -0.713. The van der Waals surface area contributed by atoms with E-state index >= 15 is 0 Å². The Hall–Kier alpha value is -1.44. The summed E-state index contributed by atoms with van der Waals surface area (Å²) in [5, 5.41) is 9.87. The molecule has 0 fully saturated rings. The van der Waals surface area contributed by atoms with Crippen molar-refractivity contribution in [2.24, 2.45) is 0 Å². The van der Waals surface area contributed by atoms with Gasteiger partial charge in [-0.1, -0.05) is 12.1 Å². The van der Waals surface area contributed by atoms with Crippen molar-refractivity contribution in [3.63, 3.8) is 0 Å². The van der Waals surface area contributed by atoms with Gasteiger partial charge in [0.2, 0.25) is 0 Å². The van der Waals surface area contributed by atoms with Gasteiger partial charge in [-0.05, 0) is 38.5 Å². The van der Waals surface area contributed by atoms with E-state index in [-0.39, 0.29) is 4.90 Å². The van der Waals surface area contributed by atoms with Crippen LogP contribution in [0.4, 0.5) is 5.13 Å². The summed E-state index contributed by atoms with van der Waals surface area (Å²) in [5.74, 6) is 0. The molecule has 0 saturated carbocycles. The zero-order chi connectivity index (χ0) is 14.9. The minimum atomic E-state index is -3.69. The molecular formula is C13H16N2O3S2. The monoisotopic (exact) mass is 312 g/mol. The average molecular weight is 312 g/mol. The smallest absolute Gasteiger partial charge is 0.263 e. The molecule has 1 unspecified atom stereocenters. The maximum absolute atomic E-state index is 12.3. The number of nitrogens with one attached hydrogen (secondary N) is 1. The molecule has 2 rings (SSSR count). The minimum absolute atomic E-state index is 0.112. The summed E-state index contributed by atoms with van der Waals surface area (Å²) in [6, 6.07) is 6.23. The van der Waals surface area contributed by atoms with Crippen LogP contribution in [0, 0.1) is 13.8 Å². The van der Waals surface area contributed by atoms with Gasteiger partial charge in [-0.25, -0.2) is 13.4 Å². The molecule has 0 aliphatic heterocycles. The highest BCUT2D eigenvalue weighted by Gasteiger charge is 2.17. The third kappa shape index (κ3) is 3.17. The lowest BCUT2D eigenvalue weighted by molar-refractivity contribution is 0.199. The minimum Gasteiger partial charge on any atom is -0.389 e. The van der Waals surface area contributed by atoms with Gasteiger partial charge in [-0.2, -0.15) is 0 Å². The summed E-state index contributed by atoms with van der Waals surface area (Å²) < 4.78 is 27.0. The molecule has 108 valence electrons. The number of hydrogen-bond donors (Lipinski definition) is 2. The maximum Gasteiger partial charge on any atom is 0.263 e. The molecule has 1 aromatic carbocycles. The van der Waals surface area contributed by atoms with Crippen molar-refractivity contribution in [3.8, 4) is 0 Å². The third-order valence-electron chi connectivity index (χ3n) is 2.90. The van der Waals surface area contributed by atoms with Crippen molar-refractivity contribution in [3.05, 3.63) is 40.4 Å². The number of rotatable bonds is 4. The van der Waals surface area contributed by atoms with E-state index in [1.807, 2.05) is 13.8 Å². The molecular weight excluding hydrogens is 296 g/mol. The van der Waals surface area contributed by atoms with Crippen molar-refractivity contribution in [1.29, 1.82) is 0 Å². The maximum atomic E-state index is 12.3. The van der Waals surface area contributed by atoms with Crippen molar-refractivity contribution in [1.82, 2.24) is 4.98 Å². The number of benzene rings is 1. The molecule has 0 aliphatic rings. The van der Waals surface area contributed by atoms with Gasteiger partial charge in [0.1, 0.15) is 0 Å². The first-order valence-electron chi connectivity index (χ1n) is 6.04. The fourth-order valence-electron chi connectivity index (χ4n) is 1.63. The lowest BCUT2D eigenvalue weighted by Crippen LogP contribution is -2.13. The van der Waals surface area contributed by atoms with E-state index < -0.39 is 16.1 Å². The molecule has 0 amide bonds. The average Bonchev–Trinajstić information content (AvgIpc) is 2.67. The number of aliphatic hydroxyl groups excluding tert-OH is 1. The van der Waals surface area contributed by atoms with Crippen molar-refractivity contribution >= 4 is 26.5 Å². The van der Waals surface area contributed by atoms with Gasteiger partial charge in [0.05, 0.1) is 16.7 Å². The second-order valence-corrected chi connectivity index (χ2v) is 7.40. The number of anilines is 1. The van der Waals surface area contributed by atoms with E-state index in [0.717, 1.165) is 10.6 Å². The molecule has 0 radical (unpaired) electrons. The summed E-state index contributed by atoms with van der Waals surface area (Å²) in [4.78, 5) is 5.24. The van der Waals surface area contributed by atoms with Crippen LogP contribution < -0.4 is 4.72 Å². The predicted octanol–water partition coefficient (Wildman–Crippen LogP) is 2.61. The first-order chi connectivity index (χ1) is 9.29. The molecule has 1 heterocycles. The zero-order valence-corrected chi connectivity index (χ0v) is 13.0. The lowest BCUT2D eigenvalue weighted by Gasteiger charge is -2.08. The number of hydrogen-bond acceptors (Lipinski definition) is 5. The molecule has 0 spiro atoms. The Morgan fingerprint density at radius 3 is 2.60 bits per heavy atom. The number of thiazole rings is 1. The summed E-state index contributed by atoms with van der Waals surface area (Å²) >= 11 is 1.30. The second-order valence-electron chi connectivity index (χ2n) is 4.51. The van der Waals surface area contributed by atoms with E-state index in [1.165, 1.54) is 23.5 Å². The number of nitrogens with zero attached hydrogens (tertiary/aromatic N) is 1. The highest BCUT2D eigenvalue weighted by atomic mass is 32.2. The molecule has 0 bridgehead atoms. The predicted molar refractivity (Wildman–Crippen MR) is 79.5 cm³/mol. The Bertz CT molecular complexity index is 701. The fourth-order valence-corrected chi connectivity index (χ4v) is 3.74. The SMILES string of the molecule is Cc1nc(NS(=O)(=O)c2cccc(C(C)O)c2)sc1C. The normalized spacial score (nSPS) is 13.2. The molecule has 2 aromatic rings. The highest BCUT2D eigenvalue weighted by molar-refractivity contribution is 7.93. The molecule has 1 atom stereocenters. The quantitative estimate of drug-likeness (QED) is 0.909. The van der Waals surface area contributed by atoms with Crippen LogP contribution in [0.2, 0.25) is 0 Å². The van der Waals surface area contributed by atoms with Gasteiger partial charge < -0.3 is 5.11 Å². The summed E-state index contributed by atoms with van der Waals surface area (Å²) in [7, 11) is -3.69. The molecule has 20 heavy (non-hydrogen) atoms. The summed E-state index contributed by atoms with van der Waals surface area (Å²) in [5.41, 5.74) is 1.37. The van der Waals surface area contributed by atoms with Gasteiger partial charge in [0, 0.05) is 4.88 Å². The van der Waals surface area contributed by atoms with E-state index in [4.69, 9.17) is 0 Å². The molecule has 0 saturated heterocycles. The number of aryl methyl sites for hydroxylation is 2. The Labute approximate surface area is 122 Å². The number of aromatic nitrogens is 1. The van der Waals surface area contributed by atoms with E-state index in [2.05, 4.69) is 9.71 Å². The molecule has 5 nitrogen and oxygen atoms in total. The van der Waals surface area contributed by atoms with Gasteiger partial charge in [-0.15, -0.1) is 11.3 Å². The van der Waals surface area contributed by atoms with E-state index in [0.29, 0.717) is 10.7 Å². The standard InChI is InChI=1S/C13H16N2O3S2/c1-8-10(3)19-13(14-8)15-20(17,18)12-6-4-5-11(7-12)9(2)16/h4-7,9,16H,1-3H3,(H,14,15). The molecule has 1 aromatic heterocycles. The van der Waals surface area contributed by atoms with Gasteiger partial charge in [0.25, 0.3) is 10.0 Å². The van der Waals surface area contributed by atoms with Crippen molar-refractivity contribution < 1.29 is 13.5 Å². The zero-order valence-electron chi connectivity index (χ0n) is 11.4.